The summed E-state index contributed by atoms with van der Waals surface area (Å²) < 4.78 is 5.80. The molecule has 1 heterocycles. The van der Waals surface area contributed by atoms with Crippen molar-refractivity contribution in [3.05, 3.63) is 102 Å². The Balaban J connectivity index is 1.37. The zero-order valence-corrected chi connectivity index (χ0v) is 17.5. The van der Waals surface area contributed by atoms with E-state index in [0.717, 1.165) is 17.7 Å². The number of ether oxygens (including phenoxy) is 1. The number of nitrogens with zero attached hydrogens (tertiary/aromatic N) is 1. The Kier molecular flexibility index (Phi) is 6.32. The van der Waals surface area contributed by atoms with Gasteiger partial charge in [0.25, 0.3) is 5.91 Å². The summed E-state index contributed by atoms with van der Waals surface area (Å²) in [4.78, 5) is 17.0. The van der Waals surface area contributed by atoms with Crippen LogP contribution in [-0.4, -0.2) is 17.5 Å². The molecule has 160 valence electrons. The van der Waals surface area contributed by atoms with Crippen molar-refractivity contribution in [3.63, 3.8) is 0 Å². The molecule has 4 rings (SSSR count). The Morgan fingerprint density at radius 2 is 1.66 bits per heavy atom. The molecule has 0 aliphatic heterocycles. The minimum atomic E-state index is -0.215. The topological polar surface area (TPSA) is 103 Å². The van der Waals surface area contributed by atoms with E-state index in [1.54, 1.807) is 18.2 Å². The van der Waals surface area contributed by atoms with Crippen molar-refractivity contribution in [2.45, 2.75) is 6.42 Å². The summed E-state index contributed by atoms with van der Waals surface area (Å²) in [5.74, 6) is 0.543. The van der Waals surface area contributed by atoms with Gasteiger partial charge in [-0.2, -0.15) is 0 Å². The molecule has 1 aromatic heterocycles. The Morgan fingerprint density at radius 3 is 2.41 bits per heavy atom. The molecule has 3 aromatic carbocycles. The molecule has 6 nitrogen and oxygen atoms in total. The Bertz CT molecular complexity index is 1210. The Labute approximate surface area is 186 Å². The quantitative estimate of drug-likeness (QED) is 0.396. The fourth-order valence-electron chi connectivity index (χ4n) is 3.23. The number of carbonyl (C=O) groups is 1. The lowest BCUT2D eigenvalue weighted by Gasteiger charge is -2.10. The minimum Gasteiger partial charge on any atom is -0.493 e. The summed E-state index contributed by atoms with van der Waals surface area (Å²) in [6.45, 7) is 0.589. The van der Waals surface area contributed by atoms with E-state index in [4.69, 9.17) is 16.2 Å². The van der Waals surface area contributed by atoms with Gasteiger partial charge >= 0.3 is 0 Å². The lowest BCUT2D eigenvalue weighted by atomic mass is 10.1. The van der Waals surface area contributed by atoms with E-state index < -0.39 is 0 Å². The smallest absolute Gasteiger partial charge is 0.255 e. The molecular formula is C26H24N4O2. The molecule has 0 radical (unpaired) electrons. The van der Waals surface area contributed by atoms with Crippen LogP contribution >= 0.6 is 0 Å². The summed E-state index contributed by atoms with van der Waals surface area (Å²) in [6.07, 6.45) is 2.35. The number of nitrogens with one attached hydrogen (secondary N) is 1. The molecule has 0 spiro atoms. The molecule has 0 aliphatic rings. The number of anilines is 3. The van der Waals surface area contributed by atoms with E-state index in [2.05, 4.69) is 22.4 Å². The van der Waals surface area contributed by atoms with Crippen LogP contribution in [0.4, 0.5) is 17.1 Å². The van der Waals surface area contributed by atoms with Crippen molar-refractivity contribution in [2.75, 3.05) is 23.4 Å². The zero-order chi connectivity index (χ0) is 22.3. The number of aromatic nitrogens is 1. The van der Waals surface area contributed by atoms with Gasteiger partial charge in [0.1, 0.15) is 5.75 Å². The molecule has 0 saturated heterocycles. The predicted molar refractivity (Wildman–Crippen MR) is 129 cm³/mol. The van der Waals surface area contributed by atoms with Crippen LogP contribution in [0.15, 0.2) is 91.1 Å². The second-order valence-electron chi connectivity index (χ2n) is 7.34. The van der Waals surface area contributed by atoms with Crippen molar-refractivity contribution in [2.24, 2.45) is 0 Å². The van der Waals surface area contributed by atoms with Gasteiger partial charge in [-0.3, -0.25) is 9.78 Å². The summed E-state index contributed by atoms with van der Waals surface area (Å²) in [5.41, 5.74) is 16.4. The molecule has 0 unspecified atom stereocenters. The van der Waals surface area contributed by atoms with E-state index in [1.165, 1.54) is 11.8 Å². The third-order valence-electron chi connectivity index (χ3n) is 5.00. The van der Waals surface area contributed by atoms with Gasteiger partial charge in [-0.1, -0.05) is 42.5 Å². The molecule has 0 atom stereocenters. The van der Waals surface area contributed by atoms with Gasteiger partial charge in [-0.15, -0.1) is 0 Å². The highest BCUT2D eigenvalue weighted by atomic mass is 16.5. The number of carbonyl (C=O) groups excluding carboxylic acids is 1. The lowest BCUT2D eigenvalue weighted by Crippen LogP contribution is -2.12. The SMILES string of the molecule is Nc1cnc(-c2cccc(C(=O)Nc3ccc(OCCc4ccccc4)cc3)c2)cc1N. The molecule has 4 aromatic rings. The first-order valence-electron chi connectivity index (χ1n) is 10.3. The fourth-order valence-corrected chi connectivity index (χ4v) is 3.23. The summed E-state index contributed by atoms with van der Waals surface area (Å²) in [6, 6.07) is 26.4. The first kappa shape index (κ1) is 20.9. The van der Waals surface area contributed by atoms with Gasteiger partial charge in [-0.05, 0) is 48.0 Å². The minimum absolute atomic E-state index is 0.215. The second-order valence-corrected chi connectivity index (χ2v) is 7.34. The predicted octanol–water partition coefficient (Wildman–Crippen LogP) is 4.79. The molecule has 32 heavy (non-hydrogen) atoms. The third kappa shape index (κ3) is 5.23. The molecule has 5 N–H and O–H groups in total. The number of rotatable bonds is 7. The number of benzene rings is 3. The van der Waals surface area contributed by atoms with E-state index in [0.29, 0.717) is 34.9 Å². The van der Waals surface area contributed by atoms with Gasteiger partial charge in [-0.25, -0.2) is 0 Å². The van der Waals surface area contributed by atoms with Gasteiger partial charge < -0.3 is 21.5 Å². The van der Waals surface area contributed by atoms with Crippen LogP contribution < -0.4 is 21.5 Å². The standard InChI is InChI=1S/C26H24N4O2/c27-23-16-25(29-17-24(23)28)19-7-4-8-20(15-19)26(31)30-21-9-11-22(12-10-21)32-14-13-18-5-2-1-3-6-18/h1-12,15-17H,13-14,28H2,(H2,27,29)(H,30,31). The molecule has 0 fully saturated rings. The average Bonchev–Trinajstić information content (AvgIpc) is 2.83. The highest BCUT2D eigenvalue weighted by Crippen LogP contribution is 2.24. The van der Waals surface area contributed by atoms with Crippen molar-refractivity contribution in [3.8, 4) is 17.0 Å². The molecule has 1 amide bonds. The molecule has 0 bridgehead atoms. The summed E-state index contributed by atoms with van der Waals surface area (Å²) in [5, 5.41) is 2.91. The maximum atomic E-state index is 12.7. The van der Waals surface area contributed by atoms with Crippen LogP contribution in [0, 0.1) is 0 Å². The summed E-state index contributed by atoms with van der Waals surface area (Å²) >= 11 is 0. The number of hydrogen-bond donors (Lipinski definition) is 3. The number of nitrogen functional groups attached to an aromatic ring is 2. The van der Waals surface area contributed by atoms with Gasteiger partial charge in [0, 0.05) is 23.2 Å². The van der Waals surface area contributed by atoms with Crippen molar-refractivity contribution in [1.82, 2.24) is 4.98 Å². The van der Waals surface area contributed by atoms with Gasteiger partial charge in [0.2, 0.25) is 0 Å². The van der Waals surface area contributed by atoms with Crippen LogP contribution in [0.3, 0.4) is 0 Å². The maximum absolute atomic E-state index is 12.7. The van der Waals surface area contributed by atoms with E-state index in [9.17, 15) is 4.79 Å². The normalized spacial score (nSPS) is 10.5. The Morgan fingerprint density at radius 1 is 0.875 bits per heavy atom. The summed E-state index contributed by atoms with van der Waals surface area (Å²) in [7, 11) is 0. The van der Waals surface area contributed by atoms with Crippen LogP contribution in [0.2, 0.25) is 0 Å². The van der Waals surface area contributed by atoms with E-state index in [1.807, 2.05) is 54.6 Å². The van der Waals surface area contributed by atoms with Crippen LogP contribution in [0.25, 0.3) is 11.3 Å². The van der Waals surface area contributed by atoms with Crippen LogP contribution in [0.5, 0.6) is 5.75 Å². The molecular weight excluding hydrogens is 400 g/mol. The third-order valence-corrected chi connectivity index (χ3v) is 5.00. The maximum Gasteiger partial charge on any atom is 0.255 e. The van der Waals surface area contributed by atoms with Crippen molar-refractivity contribution < 1.29 is 9.53 Å². The van der Waals surface area contributed by atoms with Gasteiger partial charge in [0.15, 0.2) is 0 Å². The van der Waals surface area contributed by atoms with Crippen LogP contribution in [0.1, 0.15) is 15.9 Å². The highest BCUT2D eigenvalue weighted by Gasteiger charge is 2.09. The zero-order valence-electron chi connectivity index (χ0n) is 17.5. The van der Waals surface area contributed by atoms with Gasteiger partial charge in [0.05, 0.1) is 29.9 Å². The van der Waals surface area contributed by atoms with Crippen molar-refractivity contribution >= 4 is 23.0 Å². The van der Waals surface area contributed by atoms with Crippen molar-refractivity contribution in [1.29, 1.82) is 0 Å². The largest absolute Gasteiger partial charge is 0.493 e. The highest BCUT2D eigenvalue weighted by molar-refractivity contribution is 6.05. The average molecular weight is 425 g/mol. The molecule has 0 saturated carbocycles. The fraction of sp³-hybridized carbons (Fsp3) is 0.0769. The number of hydrogen-bond acceptors (Lipinski definition) is 5. The lowest BCUT2D eigenvalue weighted by molar-refractivity contribution is 0.102. The Hall–Kier alpha value is -4.32. The molecule has 6 heteroatoms. The number of amides is 1. The molecule has 0 aliphatic carbocycles. The first-order chi connectivity index (χ1) is 15.6. The number of pyridine rings is 1. The second kappa shape index (κ2) is 9.66. The first-order valence-corrected chi connectivity index (χ1v) is 10.3. The monoisotopic (exact) mass is 424 g/mol. The van der Waals surface area contributed by atoms with E-state index in [-0.39, 0.29) is 5.91 Å². The van der Waals surface area contributed by atoms with Crippen LogP contribution in [-0.2, 0) is 6.42 Å². The van der Waals surface area contributed by atoms with E-state index >= 15 is 0 Å². The number of nitrogens with two attached hydrogens (primary N) is 2.